The van der Waals surface area contributed by atoms with Gasteiger partial charge >= 0.3 is 0 Å². The van der Waals surface area contributed by atoms with Crippen molar-refractivity contribution in [1.29, 1.82) is 0 Å². The molecule has 3 aromatic heterocycles. The zero-order valence-electron chi connectivity index (χ0n) is 12.5. The van der Waals surface area contributed by atoms with Crippen molar-refractivity contribution >= 4 is 49.6 Å². The number of fused-ring (bicyclic) bond motifs is 3. The topological polar surface area (TPSA) is 95.6 Å². The average molecular weight is 332 g/mol. The largest absolute Gasteiger partial charge is 0.383 e. The van der Waals surface area contributed by atoms with Crippen molar-refractivity contribution in [3.05, 3.63) is 48.5 Å². The second kappa shape index (κ2) is 4.65. The minimum Gasteiger partial charge on any atom is -0.383 e. The SMILES string of the molecule is Nc1c(-c2nc3ccccc3s2)c2nc3ccccc3nc2n1N. The zero-order chi connectivity index (χ0) is 16.3. The fraction of sp³-hybridized carbons (Fsp3) is 0. The Balaban J connectivity index is 1.90. The molecule has 0 saturated carbocycles. The van der Waals surface area contributed by atoms with Crippen molar-refractivity contribution in [3.8, 4) is 10.6 Å². The predicted molar refractivity (Wildman–Crippen MR) is 98.2 cm³/mol. The maximum Gasteiger partial charge on any atom is 0.180 e. The van der Waals surface area contributed by atoms with E-state index in [0.29, 0.717) is 17.0 Å². The molecule has 5 aromatic rings. The first kappa shape index (κ1) is 13.3. The van der Waals surface area contributed by atoms with E-state index in [1.165, 1.54) is 4.68 Å². The number of aromatic nitrogens is 4. The Kier molecular flexibility index (Phi) is 2.57. The van der Waals surface area contributed by atoms with Crippen LogP contribution < -0.4 is 11.6 Å². The molecule has 4 N–H and O–H groups in total. The molecule has 0 atom stereocenters. The third-order valence-corrected chi connectivity index (χ3v) is 5.09. The number of rotatable bonds is 1. The fourth-order valence-corrected chi connectivity index (χ4v) is 3.89. The summed E-state index contributed by atoms with van der Waals surface area (Å²) in [5.74, 6) is 6.54. The van der Waals surface area contributed by atoms with Gasteiger partial charge in [-0.25, -0.2) is 19.6 Å². The lowest BCUT2D eigenvalue weighted by Gasteiger charge is -1.98. The number of hydrogen-bond acceptors (Lipinski definition) is 6. The highest BCUT2D eigenvalue weighted by Gasteiger charge is 2.21. The first-order chi connectivity index (χ1) is 11.7. The molecule has 0 saturated heterocycles. The van der Waals surface area contributed by atoms with E-state index >= 15 is 0 Å². The predicted octanol–water partition coefficient (Wildman–Crippen LogP) is 3.16. The summed E-state index contributed by atoms with van der Waals surface area (Å²) in [5, 5.41) is 0.799. The summed E-state index contributed by atoms with van der Waals surface area (Å²) < 4.78 is 2.48. The first-order valence-corrected chi connectivity index (χ1v) is 8.22. The van der Waals surface area contributed by atoms with E-state index in [0.717, 1.165) is 31.8 Å². The Morgan fingerprint density at radius 3 is 2.25 bits per heavy atom. The molecule has 0 spiro atoms. The maximum absolute atomic E-state index is 6.26. The van der Waals surface area contributed by atoms with Gasteiger partial charge in [-0.05, 0) is 24.3 Å². The van der Waals surface area contributed by atoms with Gasteiger partial charge in [-0.15, -0.1) is 11.3 Å². The van der Waals surface area contributed by atoms with Crippen LogP contribution >= 0.6 is 11.3 Å². The number of anilines is 1. The van der Waals surface area contributed by atoms with Gasteiger partial charge in [0.05, 0.1) is 26.8 Å². The lowest BCUT2D eigenvalue weighted by Crippen LogP contribution is -2.12. The van der Waals surface area contributed by atoms with Gasteiger partial charge in [0.25, 0.3) is 0 Å². The van der Waals surface area contributed by atoms with E-state index in [4.69, 9.17) is 16.6 Å². The number of nitrogen functional groups attached to an aromatic ring is 2. The molecule has 0 fully saturated rings. The van der Waals surface area contributed by atoms with Crippen LogP contribution in [0, 0.1) is 0 Å². The highest BCUT2D eigenvalue weighted by molar-refractivity contribution is 7.21. The molecule has 116 valence electrons. The van der Waals surface area contributed by atoms with Crippen LogP contribution in [0.5, 0.6) is 0 Å². The smallest absolute Gasteiger partial charge is 0.180 e. The van der Waals surface area contributed by atoms with E-state index in [2.05, 4.69) is 9.97 Å². The van der Waals surface area contributed by atoms with Gasteiger partial charge in [0.15, 0.2) is 5.65 Å². The maximum atomic E-state index is 6.26. The van der Waals surface area contributed by atoms with Gasteiger partial charge in [0.1, 0.15) is 16.3 Å². The normalized spacial score (nSPS) is 11.7. The minimum atomic E-state index is 0.416. The van der Waals surface area contributed by atoms with Gasteiger partial charge in [0, 0.05) is 0 Å². The van der Waals surface area contributed by atoms with Crippen molar-refractivity contribution in [2.24, 2.45) is 0 Å². The van der Waals surface area contributed by atoms with Crippen LogP contribution in [-0.4, -0.2) is 19.6 Å². The van der Waals surface area contributed by atoms with E-state index in [1.54, 1.807) is 11.3 Å². The third-order valence-electron chi connectivity index (χ3n) is 4.04. The molecule has 0 bridgehead atoms. The molecular weight excluding hydrogens is 320 g/mol. The van der Waals surface area contributed by atoms with Gasteiger partial charge in [-0.1, -0.05) is 24.3 Å². The van der Waals surface area contributed by atoms with Crippen molar-refractivity contribution < 1.29 is 0 Å². The Bertz CT molecular complexity index is 1200. The number of benzene rings is 2. The molecule has 5 rings (SSSR count). The average Bonchev–Trinajstić information content (AvgIpc) is 3.13. The van der Waals surface area contributed by atoms with Crippen LogP contribution in [-0.2, 0) is 0 Å². The van der Waals surface area contributed by atoms with Crippen LogP contribution in [0.2, 0.25) is 0 Å². The minimum absolute atomic E-state index is 0.416. The summed E-state index contributed by atoms with van der Waals surface area (Å²) in [5.41, 5.74) is 10.7. The molecule has 0 aliphatic rings. The summed E-state index contributed by atoms with van der Waals surface area (Å²) in [6, 6.07) is 15.7. The monoisotopic (exact) mass is 332 g/mol. The molecule has 0 unspecified atom stereocenters. The molecule has 3 heterocycles. The molecule has 0 aliphatic heterocycles. The van der Waals surface area contributed by atoms with Gasteiger partial charge in [0.2, 0.25) is 0 Å². The van der Waals surface area contributed by atoms with Crippen molar-refractivity contribution in [3.63, 3.8) is 0 Å². The molecule has 0 aliphatic carbocycles. The van der Waals surface area contributed by atoms with Crippen molar-refractivity contribution in [2.45, 2.75) is 0 Å². The Hall–Kier alpha value is -3.19. The number of hydrogen-bond donors (Lipinski definition) is 2. The fourth-order valence-electron chi connectivity index (χ4n) is 2.87. The molecule has 2 aromatic carbocycles. The molecule has 0 radical (unpaired) electrons. The molecule has 7 heteroatoms. The molecular formula is C17H12N6S. The van der Waals surface area contributed by atoms with E-state index < -0.39 is 0 Å². The zero-order valence-corrected chi connectivity index (χ0v) is 13.3. The number of para-hydroxylation sites is 3. The van der Waals surface area contributed by atoms with Crippen LogP contribution in [0.3, 0.4) is 0 Å². The lowest BCUT2D eigenvalue weighted by atomic mass is 10.2. The van der Waals surface area contributed by atoms with E-state index in [9.17, 15) is 0 Å². The quantitative estimate of drug-likeness (QED) is 0.460. The second-order valence-corrected chi connectivity index (χ2v) is 6.53. The summed E-state index contributed by atoms with van der Waals surface area (Å²) in [6.07, 6.45) is 0. The number of nitrogens with zero attached hydrogens (tertiary/aromatic N) is 4. The van der Waals surface area contributed by atoms with Crippen LogP contribution in [0.1, 0.15) is 0 Å². The van der Waals surface area contributed by atoms with Gasteiger partial charge < -0.3 is 11.6 Å². The van der Waals surface area contributed by atoms with E-state index in [1.807, 2.05) is 48.5 Å². The van der Waals surface area contributed by atoms with Crippen LogP contribution in [0.25, 0.3) is 43.0 Å². The van der Waals surface area contributed by atoms with Crippen LogP contribution in [0.4, 0.5) is 5.82 Å². The summed E-state index contributed by atoms with van der Waals surface area (Å²) in [4.78, 5) is 14.0. The molecule has 6 nitrogen and oxygen atoms in total. The number of nitrogens with two attached hydrogens (primary N) is 2. The lowest BCUT2D eigenvalue weighted by molar-refractivity contribution is 1.05. The van der Waals surface area contributed by atoms with Crippen molar-refractivity contribution in [2.75, 3.05) is 11.6 Å². The summed E-state index contributed by atoms with van der Waals surface area (Å²) >= 11 is 1.57. The highest BCUT2D eigenvalue weighted by atomic mass is 32.1. The second-order valence-electron chi connectivity index (χ2n) is 5.50. The molecule has 24 heavy (non-hydrogen) atoms. The first-order valence-electron chi connectivity index (χ1n) is 7.40. The Morgan fingerprint density at radius 1 is 0.833 bits per heavy atom. The summed E-state index contributed by atoms with van der Waals surface area (Å²) in [7, 11) is 0. The third kappa shape index (κ3) is 1.73. The van der Waals surface area contributed by atoms with Crippen LogP contribution in [0.15, 0.2) is 48.5 Å². The standard InChI is InChI=1S/C17H12N6S/c18-15-13(17-22-11-7-3-4-8-12(11)24-17)14-16(23(15)19)21-10-6-2-1-5-9(10)20-14/h1-8H,18-19H2. The summed E-state index contributed by atoms with van der Waals surface area (Å²) in [6.45, 7) is 0. The van der Waals surface area contributed by atoms with Crippen molar-refractivity contribution in [1.82, 2.24) is 19.6 Å². The Morgan fingerprint density at radius 2 is 1.50 bits per heavy atom. The Labute approximate surface area is 140 Å². The molecule has 0 amide bonds. The number of thiazole rings is 1. The van der Waals surface area contributed by atoms with E-state index in [-0.39, 0.29) is 0 Å². The van der Waals surface area contributed by atoms with Gasteiger partial charge in [-0.2, -0.15) is 0 Å². The van der Waals surface area contributed by atoms with Gasteiger partial charge in [-0.3, -0.25) is 0 Å². The highest BCUT2D eigenvalue weighted by Crippen LogP contribution is 2.38.